The molecule has 1 aliphatic rings. The van der Waals surface area contributed by atoms with Crippen molar-refractivity contribution >= 4 is 17.5 Å². The number of hydrogen-bond donors (Lipinski definition) is 0. The number of nitrogens with zero attached hydrogens (tertiary/aromatic N) is 4. The molecule has 1 aromatic heterocycles. The van der Waals surface area contributed by atoms with E-state index >= 15 is 0 Å². The number of Topliss-reactive ketones (excluding diaryl/α,β-unsaturated/α-hetero) is 1. The predicted molar refractivity (Wildman–Crippen MR) is 67.5 cm³/mol. The zero-order valence-electron chi connectivity index (χ0n) is 10.3. The highest BCUT2D eigenvalue weighted by Crippen LogP contribution is 2.36. The summed E-state index contributed by atoms with van der Waals surface area (Å²) < 4.78 is 28.2. The minimum absolute atomic E-state index is 0.0343. The van der Waals surface area contributed by atoms with Crippen molar-refractivity contribution in [2.24, 2.45) is 0 Å². The molecule has 1 aliphatic carbocycles. The molecule has 20 heavy (non-hydrogen) atoms. The highest BCUT2D eigenvalue weighted by molar-refractivity contribution is 7.99. The number of carbonyl (C=O) groups excluding carboxylic acids is 1. The number of aromatic nitrogens is 4. The van der Waals surface area contributed by atoms with Gasteiger partial charge in [-0.3, -0.25) is 4.79 Å². The lowest BCUT2D eigenvalue weighted by atomic mass is 10.1. The maximum atomic E-state index is 13.5. The minimum atomic E-state index is -0.723. The molecule has 0 N–H and O–H groups in total. The predicted octanol–water partition coefficient (Wildman–Crippen LogP) is 2.26. The van der Waals surface area contributed by atoms with Crippen LogP contribution in [0.5, 0.6) is 0 Å². The van der Waals surface area contributed by atoms with Crippen molar-refractivity contribution in [2.45, 2.75) is 24.0 Å². The number of rotatable bonds is 5. The first-order valence-electron chi connectivity index (χ1n) is 6.04. The van der Waals surface area contributed by atoms with E-state index in [0.717, 1.165) is 42.8 Å². The van der Waals surface area contributed by atoms with Gasteiger partial charge < -0.3 is 0 Å². The monoisotopic (exact) mass is 296 g/mol. The van der Waals surface area contributed by atoms with Gasteiger partial charge in [0.15, 0.2) is 5.78 Å². The summed E-state index contributed by atoms with van der Waals surface area (Å²) in [5.41, 5.74) is -0.247. The summed E-state index contributed by atoms with van der Waals surface area (Å²) >= 11 is 1.13. The molecule has 0 aliphatic heterocycles. The van der Waals surface area contributed by atoms with Gasteiger partial charge >= 0.3 is 0 Å². The van der Waals surface area contributed by atoms with Crippen molar-refractivity contribution in [1.82, 2.24) is 20.2 Å². The fourth-order valence-corrected chi connectivity index (χ4v) is 2.58. The Morgan fingerprint density at radius 2 is 2.20 bits per heavy atom. The van der Waals surface area contributed by atoms with Crippen molar-refractivity contribution in [2.75, 3.05) is 5.75 Å². The second-order valence-corrected chi connectivity index (χ2v) is 5.42. The van der Waals surface area contributed by atoms with Crippen molar-refractivity contribution < 1.29 is 13.6 Å². The zero-order chi connectivity index (χ0) is 14.1. The molecule has 1 saturated carbocycles. The summed E-state index contributed by atoms with van der Waals surface area (Å²) in [5, 5.41) is 11.8. The average molecular weight is 296 g/mol. The van der Waals surface area contributed by atoms with Crippen LogP contribution in [-0.4, -0.2) is 31.7 Å². The van der Waals surface area contributed by atoms with Crippen molar-refractivity contribution in [3.05, 3.63) is 35.4 Å². The van der Waals surface area contributed by atoms with Gasteiger partial charge in [-0.1, -0.05) is 11.8 Å². The van der Waals surface area contributed by atoms with E-state index in [1.807, 2.05) is 0 Å². The van der Waals surface area contributed by atoms with Crippen LogP contribution in [-0.2, 0) is 0 Å². The van der Waals surface area contributed by atoms with Crippen molar-refractivity contribution in [3.8, 4) is 0 Å². The molecule has 0 atom stereocenters. The Bertz CT molecular complexity index is 657. The summed E-state index contributed by atoms with van der Waals surface area (Å²) in [4.78, 5) is 11.9. The van der Waals surface area contributed by atoms with Gasteiger partial charge in [0.25, 0.3) is 0 Å². The van der Waals surface area contributed by atoms with Gasteiger partial charge in [-0.15, -0.1) is 5.10 Å². The van der Waals surface area contributed by atoms with E-state index in [4.69, 9.17) is 0 Å². The van der Waals surface area contributed by atoms with Gasteiger partial charge in [-0.05, 0) is 41.5 Å². The van der Waals surface area contributed by atoms with Crippen molar-refractivity contribution in [1.29, 1.82) is 0 Å². The van der Waals surface area contributed by atoms with Crippen LogP contribution in [0, 0.1) is 11.6 Å². The quantitative estimate of drug-likeness (QED) is 0.625. The molecule has 8 heteroatoms. The summed E-state index contributed by atoms with van der Waals surface area (Å²) in [6, 6.07) is 3.13. The topological polar surface area (TPSA) is 60.7 Å². The SMILES string of the molecule is O=C(CSc1nnnn1C1CC1)c1cc(F)ccc1F. The Labute approximate surface area is 117 Å². The van der Waals surface area contributed by atoms with Crippen LogP contribution in [0.2, 0.25) is 0 Å². The van der Waals surface area contributed by atoms with E-state index in [9.17, 15) is 13.6 Å². The highest BCUT2D eigenvalue weighted by atomic mass is 32.2. The van der Waals surface area contributed by atoms with E-state index < -0.39 is 17.4 Å². The fraction of sp³-hybridized carbons (Fsp3) is 0.333. The summed E-state index contributed by atoms with van der Waals surface area (Å²) in [5.74, 6) is -1.88. The Hall–Kier alpha value is -1.83. The lowest BCUT2D eigenvalue weighted by Crippen LogP contribution is -2.07. The highest BCUT2D eigenvalue weighted by Gasteiger charge is 2.28. The molecule has 0 amide bonds. The zero-order valence-corrected chi connectivity index (χ0v) is 11.1. The molecule has 0 radical (unpaired) electrons. The van der Waals surface area contributed by atoms with Gasteiger partial charge in [0.05, 0.1) is 17.4 Å². The molecule has 104 valence electrons. The van der Waals surface area contributed by atoms with Crippen molar-refractivity contribution in [3.63, 3.8) is 0 Å². The maximum absolute atomic E-state index is 13.5. The standard InChI is InChI=1S/C12H10F2N4OS/c13-7-1-4-10(14)9(5-7)11(19)6-20-12-15-16-17-18(12)8-2-3-8/h1,4-5,8H,2-3,6H2. The van der Waals surface area contributed by atoms with Crippen LogP contribution in [0.4, 0.5) is 8.78 Å². The second-order valence-electron chi connectivity index (χ2n) is 4.47. The van der Waals surface area contributed by atoms with Crippen LogP contribution in [0.15, 0.2) is 23.4 Å². The van der Waals surface area contributed by atoms with Gasteiger partial charge in [0, 0.05) is 0 Å². The molecule has 2 aromatic rings. The van der Waals surface area contributed by atoms with Gasteiger partial charge in [0.1, 0.15) is 11.6 Å². The third-order valence-corrected chi connectivity index (χ3v) is 3.85. The molecule has 0 unspecified atom stereocenters. The van der Waals surface area contributed by atoms with Crippen LogP contribution in [0.1, 0.15) is 29.2 Å². The van der Waals surface area contributed by atoms with Crippen LogP contribution in [0.3, 0.4) is 0 Å². The Kier molecular flexibility index (Phi) is 3.47. The third kappa shape index (κ3) is 2.69. The number of halogens is 2. The molecule has 0 spiro atoms. The molecule has 0 bridgehead atoms. The van der Waals surface area contributed by atoms with Crippen LogP contribution >= 0.6 is 11.8 Å². The first-order valence-corrected chi connectivity index (χ1v) is 7.02. The number of thioether (sulfide) groups is 1. The smallest absolute Gasteiger partial charge is 0.210 e. The first kappa shape index (κ1) is 13.2. The normalized spacial score (nSPS) is 14.5. The summed E-state index contributed by atoms with van der Waals surface area (Å²) in [7, 11) is 0. The minimum Gasteiger partial charge on any atom is -0.293 e. The van der Waals surface area contributed by atoms with Gasteiger partial charge in [-0.25, -0.2) is 13.5 Å². The average Bonchev–Trinajstić information content (AvgIpc) is 3.18. The van der Waals surface area contributed by atoms with E-state index in [0.29, 0.717) is 11.2 Å². The van der Waals surface area contributed by atoms with Gasteiger partial charge in [0.2, 0.25) is 5.16 Å². The van der Waals surface area contributed by atoms with E-state index in [1.165, 1.54) is 0 Å². The second kappa shape index (κ2) is 5.28. The lowest BCUT2D eigenvalue weighted by molar-refractivity contribution is 0.101. The molecule has 1 fully saturated rings. The molecule has 1 heterocycles. The van der Waals surface area contributed by atoms with Crippen LogP contribution < -0.4 is 0 Å². The Morgan fingerprint density at radius 1 is 1.40 bits per heavy atom. The molecule has 5 nitrogen and oxygen atoms in total. The Balaban J connectivity index is 1.70. The number of carbonyl (C=O) groups is 1. The molecule has 0 saturated heterocycles. The number of benzene rings is 1. The summed E-state index contributed by atoms with van der Waals surface area (Å²) in [6.45, 7) is 0. The van der Waals surface area contributed by atoms with E-state index in [2.05, 4.69) is 15.5 Å². The molecular formula is C12H10F2N4OS. The molecule has 3 rings (SSSR count). The summed E-state index contributed by atoms with van der Waals surface area (Å²) in [6.07, 6.45) is 2.04. The van der Waals surface area contributed by atoms with Crippen LogP contribution in [0.25, 0.3) is 0 Å². The largest absolute Gasteiger partial charge is 0.293 e. The van der Waals surface area contributed by atoms with E-state index in [-0.39, 0.29) is 11.3 Å². The lowest BCUT2D eigenvalue weighted by Gasteiger charge is -2.03. The number of tetrazole rings is 1. The number of hydrogen-bond acceptors (Lipinski definition) is 5. The molecular weight excluding hydrogens is 286 g/mol. The first-order chi connectivity index (χ1) is 9.65. The fourth-order valence-electron chi connectivity index (χ4n) is 1.75. The van der Waals surface area contributed by atoms with E-state index in [1.54, 1.807) is 4.68 Å². The molecule has 1 aromatic carbocycles. The number of ketones is 1. The Morgan fingerprint density at radius 3 is 2.95 bits per heavy atom. The maximum Gasteiger partial charge on any atom is 0.210 e. The third-order valence-electron chi connectivity index (χ3n) is 2.92. The van der Waals surface area contributed by atoms with Gasteiger partial charge in [-0.2, -0.15) is 0 Å².